The summed E-state index contributed by atoms with van der Waals surface area (Å²) in [6.45, 7) is 4.08. The zero-order valence-electron chi connectivity index (χ0n) is 11.8. The van der Waals surface area contributed by atoms with Gasteiger partial charge in [-0.2, -0.15) is 0 Å². The molecule has 20 heavy (non-hydrogen) atoms. The zero-order valence-corrected chi connectivity index (χ0v) is 11.8. The number of hydrogen-bond donors (Lipinski definition) is 2. The lowest BCUT2D eigenvalue weighted by Gasteiger charge is -2.11. The number of imidazole rings is 1. The molecule has 0 saturated carbocycles. The van der Waals surface area contributed by atoms with Crippen LogP contribution in [0.15, 0.2) is 36.4 Å². The minimum absolute atomic E-state index is 0.749. The van der Waals surface area contributed by atoms with Crippen LogP contribution < -0.4 is 10.1 Å². The monoisotopic (exact) mass is 267 g/mol. The van der Waals surface area contributed by atoms with E-state index < -0.39 is 0 Å². The molecule has 102 valence electrons. The number of methoxy groups -OCH3 is 1. The number of anilines is 2. The predicted molar refractivity (Wildman–Crippen MR) is 81.8 cm³/mol. The van der Waals surface area contributed by atoms with E-state index >= 15 is 0 Å². The molecule has 2 N–H and O–H groups in total. The third-order valence-electron chi connectivity index (χ3n) is 3.38. The molecule has 4 nitrogen and oxygen atoms in total. The molecular weight excluding hydrogens is 250 g/mol. The number of ether oxygens (including phenoxy) is 1. The van der Waals surface area contributed by atoms with Gasteiger partial charge in [0.2, 0.25) is 5.95 Å². The van der Waals surface area contributed by atoms with Crippen molar-refractivity contribution in [3.63, 3.8) is 0 Å². The van der Waals surface area contributed by atoms with Crippen molar-refractivity contribution in [2.24, 2.45) is 0 Å². The molecule has 0 saturated heterocycles. The standard InChI is InChI=1S/C16H17N3O/c1-10-9-15(20-3)11(2)8-14(10)19-16-17-12-6-4-5-7-13(12)18-16/h4-9H,1-3H3,(H2,17,18,19). The number of nitrogens with zero attached hydrogens (tertiary/aromatic N) is 1. The SMILES string of the molecule is COc1cc(C)c(Nc2nc3ccccc3[nH]2)cc1C. The van der Waals surface area contributed by atoms with Crippen molar-refractivity contribution < 1.29 is 4.74 Å². The van der Waals surface area contributed by atoms with Crippen molar-refractivity contribution in [1.29, 1.82) is 0 Å². The van der Waals surface area contributed by atoms with Crippen molar-refractivity contribution in [2.75, 3.05) is 12.4 Å². The van der Waals surface area contributed by atoms with E-state index in [1.807, 2.05) is 44.2 Å². The molecule has 0 atom stereocenters. The second kappa shape index (κ2) is 4.89. The van der Waals surface area contributed by atoms with Gasteiger partial charge >= 0.3 is 0 Å². The van der Waals surface area contributed by atoms with Crippen molar-refractivity contribution in [1.82, 2.24) is 9.97 Å². The Bertz CT molecular complexity index is 729. The third-order valence-corrected chi connectivity index (χ3v) is 3.38. The van der Waals surface area contributed by atoms with Crippen molar-refractivity contribution in [3.05, 3.63) is 47.5 Å². The molecule has 1 heterocycles. The van der Waals surface area contributed by atoms with Crippen LogP contribution in [0.3, 0.4) is 0 Å². The van der Waals surface area contributed by atoms with Crippen molar-refractivity contribution >= 4 is 22.7 Å². The molecule has 3 aromatic rings. The summed E-state index contributed by atoms with van der Waals surface area (Å²) in [5.41, 5.74) is 5.22. The van der Waals surface area contributed by atoms with Gasteiger partial charge < -0.3 is 15.0 Å². The van der Waals surface area contributed by atoms with E-state index in [0.29, 0.717) is 0 Å². The summed E-state index contributed by atoms with van der Waals surface area (Å²) >= 11 is 0. The first kappa shape index (κ1) is 12.5. The van der Waals surface area contributed by atoms with Crippen molar-refractivity contribution in [2.45, 2.75) is 13.8 Å². The highest BCUT2D eigenvalue weighted by Gasteiger charge is 2.07. The molecule has 2 aromatic carbocycles. The van der Waals surface area contributed by atoms with Gasteiger partial charge in [0.05, 0.1) is 18.1 Å². The minimum atomic E-state index is 0.749. The van der Waals surface area contributed by atoms with E-state index in [2.05, 4.69) is 21.4 Å². The summed E-state index contributed by atoms with van der Waals surface area (Å²) in [5.74, 6) is 1.65. The van der Waals surface area contributed by atoms with E-state index in [4.69, 9.17) is 4.74 Å². The van der Waals surface area contributed by atoms with Crippen LogP contribution in [-0.4, -0.2) is 17.1 Å². The number of para-hydroxylation sites is 2. The second-order valence-electron chi connectivity index (χ2n) is 4.86. The van der Waals surface area contributed by atoms with Crippen LogP contribution in [0.4, 0.5) is 11.6 Å². The minimum Gasteiger partial charge on any atom is -0.496 e. The number of rotatable bonds is 3. The van der Waals surface area contributed by atoms with Gasteiger partial charge in [-0.25, -0.2) is 4.98 Å². The fourth-order valence-corrected chi connectivity index (χ4v) is 2.28. The van der Waals surface area contributed by atoms with Crippen LogP contribution in [-0.2, 0) is 0 Å². The van der Waals surface area contributed by atoms with Gasteiger partial charge in [-0.05, 0) is 49.2 Å². The Kier molecular flexibility index (Phi) is 3.06. The molecule has 3 rings (SSSR count). The summed E-state index contributed by atoms with van der Waals surface area (Å²) < 4.78 is 5.33. The average Bonchev–Trinajstić information content (AvgIpc) is 2.84. The molecule has 1 aromatic heterocycles. The summed E-state index contributed by atoms with van der Waals surface area (Å²) in [5, 5.41) is 3.33. The molecule has 0 spiro atoms. The molecule has 0 bridgehead atoms. The first-order valence-electron chi connectivity index (χ1n) is 6.54. The van der Waals surface area contributed by atoms with Crippen molar-refractivity contribution in [3.8, 4) is 5.75 Å². The number of aromatic nitrogens is 2. The largest absolute Gasteiger partial charge is 0.496 e. The van der Waals surface area contributed by atoms with E-state index in [-0.39, 0.29) is 0 Å². The van der Waals surface area contributed by atoms with Gasteiger partial charge in [0.15, 0.2) is 0 Å². The second-order valence-corrected chi connectivity index (χ2v) is 4.86. The van der Waals surface area contributed by atoms with Gasteiger partial charge in [-0.1, -0.05) is 12.1 Å². The first-order chi connectivity index (χ1) is 9.67. The average molecular weight is 267 g/mol. The predicted octanol–water partition coefficient (Wildman–Crippen LogP) is 3.93. The number of benzene rings is 2. The Labute approximate surface area is 117 Å². The Hall–Kier alpha value is -2.49. The van der Waals surface area contributed by atoms with E-state index in [1.54, 1.807) is 7.11 Å². The maximum atomic E-state index is 5.33. The number of nitrogens with one attached hydrogen (secondary N) is 2. The van der Waals surface area contributed by atoms with Gasteiger partial charge in [-0.15, -0.1) is 0 Å². The lowest BCUT2D eigenvalue weighted by Crippen LogP contribution is -1.97. The van der Waals surface area contributed by atoms with Gasteiger partial charge in [0.1, 0.15) is 5.75 Å². The summed E-state index contributed by atoms with van der Waals surface area (Å²) in [6.07, 6.45) is 0. The highest BCUT2D eigenvalue weighted by Crippen LogP contribution is 2.28. The van der Waals surface area contributed by atoms with Gasteiger partial charge in [0.25, 0.3) is 0 Å². The number of aromatic amines is 1. The molecule has 0 aliphatic carbocycles. The van der Waals surface area contributed by atoms with Crippen LogP contribution in [0.1, 0.15) is 11.1 Å². The van der Waals surface area contributed by atoms with Gasteiger partial charge in [-0.3, -0.25) is 0 Å². The van der Waals surface area contributed by atoms with E-state index in [1.165, 1.54) is 0 Å². The molecule has 0 aliphatic rings. The van der Waals surface area contributed by atoms with Crippen LogP contribution in [0.5, 0.6) is 5.75 Å². The highest BCUT2D eigenvalue weighted by molar-refractivity contribution is 5.78. The topological polar surface area (TPSA) is 49.9 Å². The maximum absolute atomic E-state index is 5.33. The Morgan fingerprint density at radius 1 is 1.10 bits per heavy atom. The van der Waals surface area contributed by atoms with Crippen LogP contribution >= 0.6 is 0 Å². The zero-order chi connectivity index (χ0) is 14.1. The molecule has 0 amide bonds. The first-order valence-corrected chi connectivity index (χ1v) is 6.54. The summed E-state index contributed by atoms with van der Waals surface area (Å²) in [6, 6.07) is 12.1. The lowest BCUT2D eigenvalue weighted by molar-refractivity contribution is 0.411. The Balaban J connectivity index is 1.96. The quantitative estimate of drug-likeness (QED) is 0.756. The van der Waals surface area contributed by atoms with Gasteiger partial charge in [0, 0.05) is 5.69 Å². The molecule has 0 radical (unpaired) electrons. The molecule has 0 unspecified atom stereocenters. The van der Waals surface area contributed by atoms with E-state index in [9.17, 15) is 0 Å². The molecule has 0 fully saturated rings. The molecule has 0 aliphatic heterocycles. The summed E-state index contributed by atoms with van der Waals surface area (Å²) in [7, 11) is 1.69. The Morgan fingerprint density at radius 2 is 1.90 bits per heavy atom. The normalized spacial score (nSPS) is 10.8. The Morgan fingerprint density at radius 3 is 2.65 bits per heavy atom. The fourth-order valence-electron chi connectivity index (χ4n) is 2.28. The highest BCUT2D eigenvalue weighted by atomic mass is 16.5. The number of H-pyrrole nitrogens is 1. The maximum Gasteiger partial charge on any atom is 0.205 e. The lowest BCUT2D eigenvalue weighted by atomic mass is 10.1. The smallest absolute Gasteiger partial charge is 0.205 e. The number of hydrogen-bond acceptors (Lipinski definition) is 3. The van der Waals surface area contributed by atoms with Crippen LogP contribution in [0.25, 0.3) is 11.0 Å². The van der Waals surface area contributed by atoms with Crippen LogP contribution in [0.2, 0.25) is 0 Å². The molecular formula is C16H17N3O. The number of fused-ring (bicyclic) bond motifs is 1. The van der Waals surface area contributed by atoms with E-state index in [0.717, 1.165) is 39.5 Å². The number of aryl methyl sites for hydroxylation is 2. The van der Waals surface area contributed by atoms with Crippen LogP contribution in [0, 0.1) is 13.8 Å². The fraction of sp³-hybridized carbons (Fsp3) is 0.188. The molecule has 4 heteroatoms. The third kappa shape index (κ3) is 2.20. The summed E-state index contributed by atoms with van der Waals surface area (Å²) in [4.78, 5) is 7.79.